The van der Waals surface area contributed by atoms with Crippen LogP contribution in [-0.4, -0.2) is 13.2 Å². The first-order valence-corrected chi connectivity index (χ1v) is 9.05. The molecule has 1 saturated carbocycles. The van der Waals surface area contributed by atoms with Crippen LogP contribution in [0.1, 0.15) is 51.9 Å². The van der Waals surface area contributed by atoms with Crippen molar-refractivity contribution in [1.82, 2.24) is 0 Å². The van der Waals surface area contributed by atoms with Crippen molar-refractivity contribution in [3.8, 4) is 5.75 Å². The van der Waals surface area contributed by atoms with Crippen LogP contribution < -0.4 is 10.5 Å². The lowest BCUT2D eigenvalue weighted by molar-refractivity contribution is 0.115. The zero-order chi connectivity index (χ0) is 15.1. The van der Waals surface area contributed by atoms with E-state index in [1.807, 2.05) is 24.3 Å². The molecule has 0 aliphatic heterocycles. The summed E-state index contributed by atoms with van der Waals surface area (Å²) in [6.07, 6.45) is 9.02. The van der Waals surface area contributed by atoms with Gasteiger partial charge in [0.05, 0.1) is 6.61 Å². The van der Waals surface area contributed by atoms with Crippen LogP contribution in [0.15, 0.2) is 28.7 Å². The van der Waals surface area contributed by atoms with Crippen molar-refractivity contribution in [2.24, 2.45) is 17.1 Å². The number of ether oxygens (including phenoxy) is 1. The molecule has 1 aromatic rings. The summed E-state index contributed by atoms with van der Waals surface area (Å²) in [6.45, 7) is 3.86. The highest BCUT2D eigenvalue weighted by Gasteiger charge is 2.33. The summed E-state index contributed by atoms with van der Waals surface area (Å²) in [5.74, 6) is 1.87. The summed E-state index contributed by atoms with van der Waals surface area (Å²) in [7, 11) is 0. The van der Waals surface area contributed by atoms with Crippen LogP contribution in [0.4, 0.5) is 0 Å². The van der Waals surface area contributed by atoms with E-state index < -0.39 is 0 Å². The zero-order valence-corrected chi connectivity index (χ0v) is 14.7. The van der Waals surface area contributed by atoms with Crippen LogP contribution in [0.25, 0.3) is 0 Å². The Morgan fingerprint density at radius 1 is 1.33 bits per heavy atom. The van der Waals surface area contributed by atoms with E-state index in [4.69, 9.17) is 10.5 Å². The second kappa shape index (κ2) is 8.19. The molecule has 0 heterocycles. The van der Waals surface area contributed by atoms with Crippen LogP contribution in [0, 0.1) is 11.3 Å². The largest absolute Gasteiger partial charge is 0.494 e. The molecule has 0 radical (unpaired) electrons. The molecule has 2 rings (SSSR count). The first-order valence-electron chi connectivity index (χ1n) is 8.26. The minimum absolute atomic E-state index is 0.316. The molecule has 2 nitrogen and oxygen atoms in total. The summed E-state index contributed by atoms with van der Waals surface area (Å²) < 4.78 is 6.97. The molecule has 1 aliphatic carbocycles. The first-order chi connectivity index (χ1) is 10.2. The van der Waals surface area contributed by atoms with Gasteiger partial charge in [-0.2, -0.15) is 0 Å². The fraction of sp³-hybridized carbons (Fsp3) is 0.667. The molecule has 1 aromatic carbocycles. The van der Waals surface area contributed by atoms with E-state index in [0.29, 0.717) is 5.41 Å². The predicted octanol–water partition coefficient (Wildman–Crippen LogP) is 5.15. The standard InChI is InChI=1S/C18H28BrNO/c1-2-4-15-7-9-18(14-20,10-8-15)11-12-21-17-6-3-5-16(19)13-17/h3,5-6,13,15H,2,4,7-12,14,20H2,1H3. The van der Waals surface area contributed by atoms with Gasteiger partial charge in [-0.25, -0.2) is 0 Å². The van der Waals surface area contributed by atoms with Crippen LogP contribution in [0.3, 0.4) is 0 Å². The smallest absolute Gasteiger partial charge is 0.120 e. The van der Waals surface area contributed by atoms with Crippen molar-refractivity contribution < 1.29 is 4.74 Å². The number of benzene rings is 1. The fourth-order valence-corrected chi connectivity index (χ4v) is 3.86. The third kappa shape index (κ3) is 5.00. The second-order valence-electron chi connectivity index (χ2n) is 6.49. The summed E-state index contributed by atoms with van der Waals surface area (Å²) in [5, 5.41) is 0. The number of hydrogen-bond donors (Lipinski definition) is 1. The van der Waals surface area contributed by atoms with Crippen molar-refractivity contribution in [3.05, 3.63) is 28.7 Å². The molecule has 0 bridgehead atoms. The zero-order valence-electron chi connectivity index (χ0n) is 13.1. The highest BCUT2D eigenvalue weighted by atomic mass is 79.9. The fourth-order valence-electron chi connectivity index (χ4n) is 3.49. The Balaban J connectivity index is 1.80. The summed E-state index contributed by atoms with van der Waals surface area (Å²) in [6, 6.07) is 8.06. The highest BCUT2D eigenvalue weighted by Crippen LogP contribution is 2.42. The average Bonchev–Trinajstić information content (AvgIpc) is 2.50. The van der Waals surface area contributed by atoms with Gasteiger partial charge in [0.15, 0.2) is 0 Å². The van der Waals surface area contributed by atoms with Crippen LogP contribution in [-0.2, 0) is 0 Å². The Morgan fingerprint density at radius 2 is 2.10 bits per heavy atom. The topological polar surface area (TPSA) is 35.2 Å². The SMILES string of the molecule is CCCC1CCC(CN)(CCOc2cccc(Br)c2)CC1. The van der Waals surface area contributed by atoms with Crippen LogP contribution in [0.5, 0.6) is 5.75 Å². The van der Waals surface area contributed by atoms with Gasteiger partial charge in [-0.15, -0.1) is 0 Å². The third-order valence-electron chi connectivity index (χ3n) is 4.99. The maximum absolute atomic E-state index is 6.10. The van der Waals surface area contributed by atoms with E-state index >= 15 is 0 Å². The molecule has 0 spiro atoms. The lowest BCUT2D eigenvalue weighted by Gasteiger charge is -2.39. The monoisotopic (exact) mass is 353 g/mol. The van der Waals surface area contributed by atoms with Gasteiger partial charge in [0.1, 0.15) is 5.75 Å². The third-order valence-corrected chi connectivity index (χ3v) is 5.49. The van der Waals surface area contributed by atoms with Gasteiger partial charge in [-0.05, 0) is 68.2 Å². The summed E-state index contributed by atoms with van der Waals surface area (Å²) >= 11 is 3.48. The summed E-state index contributed by atoms with van der Waals surface area (Å²) in [4.78, 5) is 0. The average molecular weight is 354 g/mol. The molecule has 1 fully saturated rings. The molecule has 0 atom stereocenters. The minimum Gasteiger partial charge on any atom is -0.494 e. The molecule has 0 aromatic heterocycles. The summed E-state index contributed by atoms with van der Waals surface area (Å²) in [5.41, 5.74) is 6.41. The molecule has 2 N–H and O–H groups in total. The quantitative estimate of drug-likeness (QED) is 0.735. The molecule has 0 saturated heterocycles. The van der Waals surface area contributed by atoms with E-state index in [0.717, 1.165) is 35.7 Å². The van der Waals surface area contributed by atoms with Gasteiger partial charge in [0.2, 0.25) is 0 Å². The van der Waals surface area contributed by atoms with Gasteiger partial charge in [-0.3, -0.25) is 0 Å². The van der Waals surface area contributed by atoms with Gasteiger partial charge in [0, 0.05) is 4.47 Å². The lowest BCUT2D eigenvalue weighted by atomic mass is 9.68. The Bertz CT molecular complexity index is 427. The van der Waals surface area contributed by atoms with E-state index in [9.17, 15) is 0 Å². The molecule has 0 unspecified atom stereocenters. The van der Waals surface area contributed by atoms with Crippen molar-refractivity contribution in [2.75, 3.05) is 13.2 Å². The van der Waals surface area contributed by atoms with Crippen molar-refractivity contribution >= 4 is 15.9 Å². The second-order valence-corrected chi connectivity index (χ2v) is 7.41. The minimum atomic E-state index is 0.316. The van der Waals surface area contributed by atoms with Crippen LogP contribution in [0.2, 0.25) is 0 Å². The predicted molar refractivity (Wildman–Crippen MR) is 92.6 cm³/mol. The van der Waals surface area contributed by atoms with E-state index in [-0.39, 0.29) is 0 Å². The number of hydrogen-bond acceptors (Lipinski definition) is 2. The normalized spacial score (nSPS) is 25.8. The van der Waals surface area contributed by atoms with Crippen molar-refractivity contribution in [1.29, 1.82) is 0 Å². The molecule has 1 aliphatic rings. The van der Waals surface area contributed by atoms with E-state index in [1.54, 1.807) is 0 Å². The van der Waals surface area contributed by atoms with Gasteiger partial charge in [-0.1, -0.05) is 41.8 Å². The van der Waals surface area contributed by atoms with E-state index in [2.05, 4.69) is 22.9 Å². The number of halogens is 1. The lowest BCUT2D eigenvalue weighted by Crippen LogP contribution is -2.36. The van der Waals surface area contributed by atoms with Gasteiger partial charge in [0.25, 0.3) is 0 Å². The first kappa shape index (κ1) is 16.8. The van der Waals surface area contributed by atoms with E-state index in [1.165, 1.54) is 38.5 Å². The molecule has 0 amide bonds. The molecular weight excluding hydrogens is 326 g/mol. The maximum atomic E-state index is 6.10. The highest BCUT2D eigenvalue weighted by molar-refractivity contribution is 9.10. The van der Waals surface area contributed by atoms with Gasteiger partial charge >= 0.3 is 0 Å². The Hall–Kier alpha value is -0.540. The Kier molecular flexibility index (Phi) is 6.56. The Labute approximate surface area is 137 Å². The Morgan fingerprint density at radius 3 is 2.71 bits per heavy atom. The maximum Gasteiger partial charge on any atom is 0.120 e. The molecule has 21 heavy (non-hydrogen) atoms. The van der Waals surface area contributed by atoms with Crippen molar-refractivity contribution in [3.63, 3.8) is 0 Å². The molecule has 3 heteroatoms. The van der Waals surface area contributed by atoms with Crippen LogP contribution >= 0.6 is 15.9 Å². The number of nitrogens with two attached hydrogens (primary N) is 1. The molecular formula is C18H28BrNO. The van der Waals surface area contributed by atoms with Crippen molar-refractivity contribution in [2.45, 2.75) is 51.9 Å². The number of rotatable bonds is 7. The molecule has 118 valence electrons. The van der Waals surface area contributed by atoms with Gasteiger partial charge < -0.3 is 10.5 Å².